The molecular formula is C14H16N2O2. The van der Waals surface area contributed by atoms with E-state index in [2.05, 4.69) is 10.3 Å². The number of aromatic nitrogens is 1. The topological polar surface area (TPSA) is 54.4 Å². The van der Waals surface area contributed by atoms with Crippen molar-refractivity contribution in [2.24, 2.45) is 0 Å². The fourth-order valence-electron chi connectivity index (χ4n) is 1.58. The number of nitrogens with zero attached hydrogens (tertiary/aromatic N) is 1. The Hall–Kier alpha value is -2.07. The van der Waals surface area contributed by atoms with Crippen LogP contribution in [0.2, 0.25) is 0 Å². The van der Waals surface area contributed by atoms with Gasteiger partial charge in [-0.25, -0.2) is 0 Å². The molecule has 1 heterocycles. The van der Waals surface area contributed by atoms with Gasteiger partial charge in [0.15, 0.2) is 0 Å². The first-order valence-corrected chi connectivity index (χ1v) is 5.85. The van der Waals surface area contributed by atoms with E-state index in [-0.39, 0.29) is 6.61 Å². The maximum atomic E-state index is 8.70. The lowest BCUT2D eigenvalue weighted by atomic mass is 10.2. The zero-order valence-electron chi connectivity index (χ0n) is 10.0. The lowest BCUT2D eigenvalue weighted by Gasteiger charge is -2.08. The number of benzene rings is 1. The summed E-state index contributed by atoms with van der Waals surface area (Å²) < 4.78 is 5.36. The SMILES string of the molecule is OCCOc1cccc(CNc2cccnc2)c1. The summed E-state index contributed by atoms with van der Waals surface area (Å²) in [5, 5.41) is 12.0. The molecule has 4 nitrogen and oxygen atoms in total. The van der Waals surface area contributed by atoms with E-state index in [1.165, 1.54) is 0 Å². The predicted molar refractivity (Wildman–Crippen MR) is 70.6 cm³/mol. The summed E-state index contributed by atoms with van der Waals surface area (Å²) in [7, 11) is 0. The molecule has 94 valence electrons. The number of aliphatic hydroxyl groups excluding tert-OH is 1. The van der Waals surface area contributed by atoms with Crippen molar-refractivity contribution in [1.82, 2.24) is 4.98 Å². The molecule has 1 aromatic carbocycles. The van der Waals surface area contributed by atoms with Gasteiger partial charge in [-0.05, 0) is 29.8 Å². The molecule has 0 saturated heterocycles. The van der Waals surface area contributed by atoms with Gasteiger partial charge >= 0.3 is 0 Å². The van der Waals surface area contributed by atoms with E-state index in [0.717, 1.165) is 17.0 Å². The Morgan fingerprint density at radius 2 is 2.17 bits per heavy atom. The molecule has 2 N–H and O–H groups in total. The van der Waals surface area contributed by atoms with Gasteiger partial charge in [-0.15, -0.1) is 0 Å². The Balaban J connectivity index is 1.93. The van der Waals surface area contributed by atoms with Crippen molar-refractivity contribution in [2.75, 3.05) is 18.5 Å². The van der Waals surface area contributed by atoms with Crippen LogP contribution in [0.1, 0.15) is 5.56 Å². The quantitative estimate of drug-likeness (QED) is 0.816. The summed E-state index contributed by atoms with van der Waals surface area (Å²) in [5.41, 5.74) is 2.11. The van der Waals surface area contributed by atoms with Crippen LogP contribution in [-0.2, 0) is 6.54 Å². The van der Waals surface area contributed by atoms with E-state index in [9.17, 15) is 0 Å². The van der Waals surface area contributed by atoms with Gasteiger partial charge < -0.3 is 15.2 Å². The fourth-order valence-corrected chi connectivity index (χ4v) is 1.58. The van der Waals surface area contributed by atoms with Crippen molar-refractivity contribution in [2.45, 2.75) is 6.54 Å². The van der Waals surface area contributed by atoms with Crippen LogP contribution < -0.4 is 10.1 Å². The van der Waals surface area contributed by atoms with Crippen molar-refractivity contribution in [1.29, 1.82) is 0 Å². The molecule has 0 atom stereocenters. The number of aliphatic hydroxyl groups is 1. The van der Waals surface area contributed by atoms with E-state index in [1.807, 2.05) is 36.4 Å². The molecule has 0 aliphatic heterocycles. The highest BCUT2D eigenvalue weighted by atomic mass is 16.5. The van der Waals surface area contributed by atoms with Gasteiger partial charge in [0.25, 0.3) is 0 Å². The first-order chi connectivity index (χ1) is 8.88. The van der Waals surface area contributed by atoms with Crippen molar-refractivity contribution >= 4 is 5.69 Å². The Bertz CT molecular complexity index is 474. The number of nitrogens with one attached hydrogen (secondary N) is 1. The van der Waals surface area contributed by atoms with Gasteiger partial charge in [0, 0.05) is 18.9 Å². The number of pyridine rings is 1. The third-order valence-corrected chi connectivity index (χ3v) is 2.42. The molecule has 1 aromatic heterocycles. The summed E-state index contributed by atoms with van der Waals surface area (Å²) in [6, 6.07) is 11.7. The Kier molecular flexibility index (Phi) is 4.55. The molecule has 2 aromatic rings. The van der Waals surface area contributed by atoms with Crippen LogP contribution >= 0.6 is 0 Å². The van der Waals surface area contributed by atoms with Crippen LogP contribution in [0.3, 0.4) is 0 Å². The van der Waals surface area contributed by atoms with Gasteiger partial charge in [0.2, 0.25) is 0 Å². The average molecular weight is 244 g/mol. The van der Waals surface area contributed by atoms with Crippen molar-refractivity contribution in [3.8, 4) is 5.75 Å². The number of rotatable bonds is 6. The highest BCUT2D eigenvalue weighted by molar-refractivity contribution is 5.41. The van der Waals surface area contributed by atoms with Crippen molar-refractivity contribution < 1.29 is 9.84 Å². The molecular weight excluding hydrogens is 228 g/mol. The standard InChI is InChI=1S/C14H16N2O2/c17-7-8-18-14-5-1-3-12(9-14)10-16-13-4-2-6-15-11-13/h1-6,9,11,16-17H,7-8,10H2. The molecule has 0 radical (unpaired) electrons. The Labute approximate surface area is 106 Å². The van der Waals surface area contributed by atoms with E-state index in [4.69, 9.17) is 9.84 Å². The number of hydrogen-bond acceptors (Lipinski definition) is 4. The molecule has 0 bridgehead atoms. The second kappa shape index (κ2) is 6.61. The summed E-state index contributed by atoms with van der Waals surface area (Å²) in [6.45, 7) is 1.06. The van der Waals surface area contributed by atoms with Crippen LogP contribution in [0.25, 0.3) is 0 Å². The summed E-state index contributed by atoms with van der Waals surface area (Å²) in [4.78, 5) is 4.04. The van der Waals surface area contributed by atoms with Gasteiger partial charge in [0.1, 0.15) is 12.4 Å². The molecule has 2 rings (SSSR count). The minimum atomic E-state index is 0.0260. The van der Waals surface area contributed by atoms with Gasteiger partial charge in [-0.2, -0.15) is 0 Å². The van der Waals surface area contributed by atoms with Gasteiger partial charge in [-0.1, -0.05) is 12.1 Å². The third kappa shape index (κ3) is 3.75. The first kappa shape index (κ1) is 12.4. The molecule has 0 aliphatic rings. The molecule has 0 aliphatic carbocycles. The average Bonchev–Trinajstić information content (AvgIpc) is 2.44. The van der Waals surface area contributed by atoms with Crippen LogP contribution in [0.15, 0.2) is 48.8 Å². The van der Waals surface area contributed by atoms with Gasteiger partial charge in [-0.3, -0.25) is 4.98 Å². The van der Waals surface area contributed by atoms with E-state index < -0.39 is 0 Å². The minimum absolute atomic E-state index is 0.0260. The van der Waals surface area contributed by atoms with Crippen molar-refractivity contribution in [3.63, 3.8) is 0 Å². The minimum Gasteiger partial charge on any atom is -0.491 e. The largest absolute Gasteiger partial charge is 0.491 e. The molecule has 0 amide bonds. The predicted octanol–water partition coefficient (Wildman–Crippen LogP) is 2.06. The monoisotopic (exact) mass is 244 g/mol. The normalized spacial score (nSPS) is 10.1. The van der Waals surface area contributed by atoms with Crippen LogP contribution in [0, 0.1) is 0 Å². The van der Waals surface area contributed by atoms with Gasteiger partial charge in [0.05, 0.1) is 12.3 Å². The lowest BCUT2D eigenvalue weighted by molar-refractivity contribution is 0.201. The summed E-state index contributed by atoms with van der Waals surface area (Å²) in [6.07, 6.45) is 3.53. The summed E-state index contributed by atoms with van der Waals surface area (Å²) >= 11 is 0. The molecule has 4 heteroatoms. The van der Waals surface area contributed by atoms with E-state index in [0.29, 0.717) is 13.2 Å². The second-order valence-corrected chi connectivity index (χ2v) is 3.81. The van der Waals surface area contributed by atoms with Crippen molar-refractivity contribution in [3.05, 3.63) is 54.4 Å². The third-order valence-electron chi connectivity index (χ3n) is 2.42. The maximum Gasteiger partial charge on any atom is 0.119 e. The van der Waals surface area contributed by atoms with Crippen LogP contribution in [0.5, 0.6) is 5.75 Å². The highest BCUT2D eigenvalue weighted by Gasteiger charge is 1.97. The smallest absolute Gasteiger partial charge is 0.119 e. The highest BCUT2D eigenvalue weighted by Crippen LogP contribution is 2.14. The molecule has 18 heavy (non-hydrogen) atoms. The zero-order chi connectivity index (χ0) is 12.6. The Morgan fingerprint density at radius 1 is 1.22 bits per heavy atom. The lowest BCUT2D eigenvalue weighted by Crippen LogP contribution is -2.03. The molecule has 0 fully saturated rings. The molecule has 0 saturated carbocycles. The maximum absolute atomic E-state index is 8.70. The van der Waals surface area contributed by atoms with Crippen LogP contribution in [-0.4, -0.2) is 23.3 Å². The van der Waals surface area contributed by atoms with E-state index in [1.54, 1.807) is 12.4 Å². The Morgan fingerprint density at radius 3 is 2.94 bits per heavy atom. The fraction of sp³-hybridized carbons (Fsp3) is 0.214. The first-order valence-electron chi connectivity index (χ1n) is 5.85. The van der Waals surface area contributed by atoms with E-state index >= 15 is 0 Å². The molecule has 0 unspecified atom stereocenters. The second-order valence-electron chi connectivity index (χ2n) is 3.81. The number of ether oxygens (including phenoxy) is 1. The summed E-state index contributed by atoms with van der Waals surface area (Å²) in [5.74, 6) is 0.773. The number of hydrogen-bond donors (Lipinski definition) is 2. The van der Waals surface area contributed by atoms with Crippen LogP contribution in [0.4, 0.5) is 5.69 Å². The molecule has 0 spiro atoms. The number of anilines is 1. The zero-order valence-corrected chi connectivity index (χ0v) is 10.0.